The van der Waals surface area contributed by atoms with Gasteiger partial charge in [-0.15, -0.1) is 0 Å². The summed E-state index contributed by atoms with van der Waals surface area (Å²) in [5.74, 6) is -0.703. The predicted molar refractivity (Wildman–Crippen MR) is 129 cm³/mol. The lowest BCUT2D eigenvalue weighted by Crippen LogP contribution is -2.60. The zero-order valence-electron chi connectivity index (χ0n) is 20.1. The van der Waals surface area contributed by atoms with Gasteiger partial charge >= 0.3 is 0 Å². The summed E-state index contributed by atoms with van der Waals surface area (Å²) in [4.78, 5) is 56.1. The highest BCUT2D eigenvalue weighted by molar-refractivity contribution is 5.98. The average molecular weight is 482 g/mol. The highest BCUT2D eigenvalue weighted by atomic mass is 16.3. The molecule has 0 bridgehead atoms. The number of amides is 4. The number of nitrogens with one attached hydrogen (secondary N) is 2. The highest BCUT2D eigenvalue weighted by Crippen LogP contribution is 2.18. The van der Waals surface area contributed by atoms with Gasteiger partial charge in [0.25, 0.3) is 5.91 Å². The number of piperazine rings is 2. The molecule has 1 atom stereocenters. The van der Waals surface area contributed by atoms with E-state index in [1.54, 1.807) is 17.0 Å². The maximum absolute atomic E-state index is 13.1. The number of hydrogen-bond donors (Lipinski definition) is 2. The molecular formula is C25H31N5O5. The van der Waals surface area contributed by atoms with Crippen LogP contribution in [0.4, 0.5) is 5.69 Å². The molecule has 2 aromatic rings. The predicted octanol–water partition coefficient (Wildman–Crippen LogP) is 1.01. The van der Waals surface area contributed by atoms with Crippen LogP contribution in [-0.4, -0.2) is 90.2 Å². The molecule has 0 aliphatic carbocycles. The van der Waals surface area contributed by atoms with Gasteiger partial charge in [-0.2, -0.15) is 0 Å². The van der Waals surface area contributed by atoms with Crippen LogP contribution in [0.25, 0.3) is 0 Å². The van der Waals surface area contributed by atoms with Crippen molar-refractivity contribution in [3.05, 3.63) is 53.5 Å². The molecule has 1 unspecified atom stereocenters. The number of anilines is 1. The van der Waals surface area contributed by atoms with E-state index in [2.05, 4.69) is 10.6 Å². The van der Waals surface area contributed by atoms with Gasteiger partial charge in [-0.05, 0) is 37.6 Å². The molecule has 2 aliphatic rings. The van der Waals surface area contributed by atoms with Crippen molar-refractivity contribution in [3.8, 4) is 0 Å². The van der Waals surface area contributed by atoms with Crippen LogP contribution in [0.1, 0.15) is 28.1 Å². The Kier molecular flexibility index (Phi) is 7.50. The number of rotatable bonds is 6. The molecule has 4 amide bonds. The summed E-state index contributed by atoms with van der Waals surface area (Å²) in [5, 5.41) is 5.62. The Morgan fingerprint density at radius 2 is 1.86 bits per heavy atom. The number of carbonyl (C=O) groups is 4. The van der Waals surface area contributed by atoms with Crippen LogP contribution in [-0.2, 0) is 14.4 Å². The van der Waals surface area contributed by atoms with Crippen molar-refractivity contribution in [3.63, 3.8) is 0 Å². The number of aryl methyl sites for hydroxylation is 2. The van der Waals surface area contributed by atoms with Gasteiger partial charge in [-0.3, -0.25) is 24.1 Å². The van der Waals surface area contributed by atoms with Crippen molar-refractivity contribution < 1.29 is 23.6 Å². The Labute approximate surface area is 204 Å². The molecule has 4 rings (SSSR count). The van der Waals surface area contributed by atoms with Crippen molar-refractivity contribution in [1.29, 1.82) is 0 Å². The first-order chi connectivity index (χ1) is 16.8. The van der Waals surface area contributed by atoms with Crippen LogP contribution in [0.3, 0.4) is 0 Å². The standard InChI is InChI=1S/C25H31N5O5/c1-17-5-6-19(18(2)14-17)27-22(31)15-20-24(33)26-7-8-30(20)23(32)16-28-9-11-29(12-10-28)25(34)21-4-3-13-35-21/h3-6,13-14,20H,7-12,15-16H2,1-2H3,(H,26,33)(H,27,31). The summed E-state index contributed by atoms with van der Waals surface area (Å²) in [5.41, 5.74) is 2.72. The highest BCUT2D eigenvalue weighted by Gasteiger charge is 2.35. The maximum atomic E-state index is 13.1. The van der Waals surface area contributed by atoms with E-state index in [4.69, 9.17) is 4.42 Å². The molecule has 1 aromatic heterocycles. The van der Waals surface area contributed by atoms with Gasteiger partial charge in [0.05, 0.1) is 19.2 Å². The van der Waals surface area contributed by atoms with Gasteiger partial charge in [0.15, 0.2) is 5.76 Å². The minimum Gasteiger partial charge on any atom is -0.459 e. The zero-order valence-corrected chi connectivity index (χ0v) is 20.1. The van der Waals surface area contributed by atoms with Gasteiger partial charge in [-0.1, -0.05) is 17.7 Å². The maximum Gasteiger partial charge on any atom is 0.289 e. The summed E-state index contributed by atoms with van der Waals surface area (Å²) >= 11 is 0. The first kappa shape index (κ1) is 24.5. The summed E-state index contributed by atoms with van der Waals surface area (Å²) in [6, 6.07) is 8.17. The zero-order chi connectivity index (χ0) is 24.9. The molecule has 0 spiro atoms. The second-order valence-corrected chi connectivity index (χ2v) is 9.01. The van der Waals surface area contributed by atoms with Crippen LogP contribution in [0.15, 0.2) is 41.0 Å². The summed E-state index contributed by atoms with van der Waals surface area (Å²) in [6.45, 7) is 6.76. The van der Waals surface area contributed by atoms with E-state index >= 15 is 0 Å². The first-order valence-corrected chi connectivity index (χ1v) is 11.8. The minimum absolute atomic E-state index is 0.115. The molecule has 2 fully saturated rings. The van der Waals surface area contributed by atoms with E-state index in [-0.39, 0.29) is 36.6 Å². The van der Waals surface area contributed by atoms with Crippen molar-refractivity contribution in [2.24, 2.45) is 0 Å². The van der Waals surface area contributed by atoms with E-state index in [1.807, 2.05) is 36.9 Å². The summed E-state index contributed by atoms with van der Waals surface area (Å²) < 4.78 is 5.19. The van der Waals surface area contributed by atoms with Gasteiger partial charge in [0.1, 0.15) is 6.04 Å². The molecule has 2 saturated heterocycles. The third-order valence-corrected chi connectivity index (χ3v) is 6.44. The molecule has 10 nitrogen and oxygen atoms in total. The SMILES string of the molecule is Cc1ccc(NC(=O)CC2C(=O)NCCN2C(=O)CN2CCN(C(=O)c3ccco3)CC2)c(C)c1. The lowest BCUT2D eigenvalue weighted by molar-refractivity contribution is -0.145. The molecule has 0 radical (unpaired) electrons. The van der Waals surface area contributed by atoms with Gasteiger partial charge in [0, 0.05) is 45.0 Å². The normalized spacial score (nSPS) is 18.8. The van der Waals surface area contributed by atoms with Gasteiger partial charge < -0.3 is 24.9 Å². The van der Waals surface area contributed by atoms with E-state index < -0.39 is 6.04 Å². The lowest BCUT2D eigenvalue weighted by Gasteiger charge is -2.38. The monoisotopic (exact) mass is 481 g/mol. The van der Waals surface area contributed by atoms with E-state index in [0.29, 0.717) is 50.7 Å². The van der Waals surface area contributed by atoms with Crippen LogP contribution in [0.2, 0.25) is 0 Å². The minimum atomic E-state index is -0.858. The fourth-order valence-corrected chi connectivity index (χ4v) is 4.49. The number of benzene rings is 1. The van der Waals surface area contributed by atoms with Crippen molar-refractivity contribution in [1.82, 2.24) is 20.0 Å². The second-order valence-electron chi connectivity index (χ2n) is 9.01. The number of carbonyl (C=O) groups excluding carboxylic acids is 4. The third-order valence-electron chi connectivity index (χ3n) is 6.44. The molecule has 2 aliphatic heterocycles. The van der Waals surface area contributed by atoms with Gasteiger partial charge in [0.2, 0.25) is 17.7 Å². The van der Waals surface area contributed by atoms with Crippen LogP contribution >= 0.6 is 0 Å². The van der Waals surface area contributed by atoms with Crippen molar-refractivity contribution in [2.75, 3.05) is 51.1 Å². The molecule has 186 valence electrons. The molecular weight excluding hydrogens is 450 g/mol. The second kappa shape index (κ2) is 10.7. The fraction of sp³-hybridized carbons (Fsp3) is 0.440. The topological polar surface area (TPSA) is 115 Å². The smallest absolute Gasteiger partial charge is 0.289 e. The number of nitrogens with zero attached hydrogens (tertiary/aromatic N) is 3. The van der Waals surface area contributed by atoms with Crippen LogP contribution < -0.4 is 10.6 Å². The Bertz CT molecular complexity index is 1090. The van der Waals surface area contributed by atoms with Crippen molar-refractivity contribution in [2.45, 2.75) is 26.3 Å². The van der Waals surface area contributed by atoms with E-state index in [1.165, 1.54) is 11.2 Å². The Morgan fingerprint density at radius 3 is 2.54 bits per heavy atom. The Hall–Kier alpha value is -3.66. The van der Waals surface area contributed by atoms with Crippen molar-refractivity contribution >= 4 is 29.3 Å². The molecule has 1 aromatic carbocycles. The molecule has 0 saturated carbocycles. The van der Waals surface area contributed by atoms with E-state index in [9.17, 15) is 19.2 Å². The summed E-state index contributed by atoms with van der Waals surface area (Å²) in [7, 11) is 0. The first-order valence-electron chi connectivity index (χ1n) is 11.8. The molecule has 2 N–H and O–H groups in total. The van der Waals surface area contributed by atoms with E-state index in [0.717, 1.165) is 11.1 Å². The Morgan fingerprint density at radius 1 is 1.09 bits per heavy atom. The van der Waals surface area contributed by atoms with Crippen LogP contribution in [0, 0.1) is 13.8 Å². The largest absolute Gasteiger partial charge is 0.459 e. The average Bonchev–Trinajstić information content (AvgIpc) is 3.37. The Balaban J connectivity index is 1.32. The lowest BCUT2D eigenvalue weighted by atomic mass is 10.1. The molecule has 35 heavy (non-hydrogen) atoms. The number of hydrogen-bond acceptors (Lipinski definition) is 6. The molecule has 3 heterocycles. The van der Waals surface area contributed by atoms with Crippen LogP contribution in [0.5, 0.6) is 0 Å². The summed E-state index contributed by atoms with van der Waals surface area (Å²) in [6.07, 6.45) is 1.35. The van der Waals surface area contributed by atoms with Gasteiger partial charge in [-0.25, -0.2) is 0 Å². The quantitative estimate of drug-likeness (QED) is 0.637. The fourth-order valence-electron chi connectivity index (χ4n) is 4.49. The molecule has 10 heteroatoms. The number of furan rings is 1. The third kappa shape index (κ3) is 5.89.